The number of methoxy groups -OCH3 is 1. The Labute approximate surface area is 244 Å². The van der Waals surface area contributed by atoms with Gasteiger partial charge in [0.05, 0.1) is 18.2 Å². The number of Topliss-reactive ketones (excluding diaryl/α,β-unsaturated/α-hetero) is 1. The smallest absolute Gasteiger partial charge is 0.305 e. The molecule has 214 valence electrons. The third kappa shape index (κ3) is 8.88. The first-order chi connectivity index (χ1) is 18.4. The molecule has 1 heterocycles. The number of carbonyl (C=O) groups excluding carboxylic acids is 2. The predicted octanol–water partition coefficient (Wildman–Crippen LogP) is 9.32. The molecule has 1 aromatic heterocycles. The summed E-state index contributed by atoms with van der Waals surface area (Å²) in [6, 6.07) is 8.31. The molecule has 4 nitrogen and oxygen atoms in total. The van der Waals surface area contributed by atoms with E-state index in [0.29, 0.717) is 18.6 Å². The van der Waals surface area contributed by atoms with Crippen LogP contribution in [-0.2, 0) is 25.2 Å². The van der Waals surface area contributed by atoms with Crippen molar-refractivity contribution in [2.45, 2.75) is 96.4 Å². The molecule has 39 heavy (non-hydrogen) atoms. The Bertz CT molecular complexity index is 1180. The largest absolute Gasteiger partial charge is 0.469 e. The molecule has 0 bridgehead atoms. The van der Waals surface area contributed by atoms with Gasteiger partial charge in [-0.25, -0.2) is 0 Å². The minimum atomic E-state index is -2.00. The van der Waals surface area contributed by atoms with Crippen molar-refractivity contribution in [2.24, 2.45) is 11.8 Å². The van der Waals surface area contributed by atoms with Gasteiger partial charge < -0.3 is 9.16 Å². The summed E-state index contributed by atoms with van der Waals surface area (Å²) in [5, 5.41) is 2.10. The topological polar surface area (TPSA) is 52.6 Å². The number of thiophene rings is 1. The Kier molecular flexibility index (Phi) is 11.6. The van der Waals surface area contributed by atoms with Gasteiger partial charge in [-0.1, -0.05) is 74.9 Å². The highest BCUT2D eigenvalue weighted by molar-refractivity contribution is 7.19. The fourth-order valence-electron chi connectivity index (χ4n) is 4.81. The number of allylic oxidation sites excluding steroid dienone is 3. The lowest BCUT2D eigenvalue weighted by molar-refractivity contribution is -0.140. The van der Waals surface area contributed by atoms with E-state index in [2.05, 4.69) is 76.4 Å². The minimum Gasteiger partial charge on any atom is -0.469 e. The molecule has 0 aliphatic heterocycles. The lowest BCUT2D eigenvalue weighted by Gasteiger charge is -2.38. The van der Waals surface area contributed by atoms with Crippen LogP contribution >= 0.6 is 22.9 Å². The van der Waals surface area contributed by atoms with Crippen LogP contribution in [0.5, 0.6) is 0 Å². The predicted molar refractivity (Wildman–Crippen MR) is 167 cm³/mol. The van der Waals surface area contributed by atoms with Gasteiger partial charge in [-0.3, -0.25) is 9.59 Å². The lowest BCUT2D eigenvalue weighted by atomic mass is 9.91. The van der Waals surface area contributed by atoms with Crippen molar-refractivity contribution >= 4 is 53.1 Å². The van der Waals surface area contributed by atoms with E-state index >= 15 is 0 Å². The molecule has 0 amide bonds. The third-order valence-corrected chi connectivity index (χ3v) is 14.6. The zero-order chi connectivity index (χ0) is 28.6. The second-order valence-corrected chi connectivity index (χ2v) is 18.4. The molecule has 0 N–H and O–H groups in total. The molecule has 1 aliphatic carbocycles. The maximum absolute atomic E-state index is 12.7. The summed E-state index contributed by atoms with van der Waals surface area (Å²) in [6.07, 6.45) is 14.7. The number of rotatable bonds is 13. The summed E-state index contributed by atoms with van der Waals surface area (Å²) in [5.41, 5.74) is 0. The molecule has 3 rings (SSSR count). The first-order valence-corrected chi connectivity index (χ1v) is 18.3. The molecule has 1 fully saturated rings. The minimum absolute atomic E-state index is 0.0163. The Balaban J connectivity index is 1.68. The maximum atomic E-state index is 12.7. The second kappa shape index (κ2) is 14.2. The van der Waals surface area contributed by atoms with E-state index in [1.54, 1.807) is 11.3 Å². The molecule has 2 aromatic rings. The molecule has 1 aliphatic rings. The molecule has 3 atom stereocenters. The Morgan fingerprint density at radius 1 is 1.23 bits per heavy atom. The van der Waals surface area contributed by atoms with Gasteiger partial charge in [-0.05, 0) is 68.6 Å². The average Bonchev–Trinajstić information content (AvgIpc) is 3.40. The molecule has 0 spiro atoms. The van der Waals surface area contributed by atoms with Crippen LogP contribution < -0.4 is 0 Å². The molecular weight excluding hydrogens is 544 g/mol. The molecule has 7 heteroatoms. The van der Waals surface area contributed by atoms with Crippen molar-refractivity contribution in [3.05, 3.63) is 58.5 Å². The van der Waals surface area contributed by atoms with Crippen molar-refractivity contribution in [3.63, 3.8) is 0 Å². The number of esters is 1. The first kappa shape index (κ1) is 31.8. The van der Waals surface area contributed by atoms with Crippen molar-refractivity contribution in [3.8, 4) is 0 Å². The maximum Gasteiger partial charge on any atom is 0.305 e. The monoisotopic (exact) mass is 588 g/mol. The van der Waals surface area contributed by atoms with Crippen LogP contribution in [0.15, 0.2) is 48.6 Å². The van der Waals surface area contributed by atoms with Gasteiger partial charge in [0.15, 0.2) is 8.32 Å². The number of ether oxygens (including phenoxy) is 1. The summed E-state index contributed by atoms with van der Waals surface area (Å²) < 4.78 is 12.8. The molecule has 0 radical (unpaired) electrons. The fraction of sp³-hybridized carbons (Fsp3) is 0.562. The molecule has 0 saturated heterocycles. The van der Waals surface area contributed by atoms with E-state index in [1.165, 1.54) is 16.7 Å². The van der Waals surface area contributed by atoms with Crippen molar-refractivity contribution in [1.29, 1.82) is 0 Å². The van der Waals surface area contributed by atoms with Crippen LogP contribution in [-0.4, -0.2) is 33.3 Å². The first-order valence-electron chi connectivity index (χ1n) is 14.2. The number of ketones is 1. The normalized spacial score (nSPS) is 19.5. The van der Waals surface area contributed by atoms with Gasteiger partial charge >= 0.3 is 5.97 Å². The Morgan fingerprint density at radius 2 is 1.97 bits per heavy atom. The van der Waals surface area contributed by atoms with Gasteiger partial charge in [0, 0.05) is 33.7 Å². The summed E-state index contributed by atoms with van der Waals surface area (Å²) in [7, 11) is -0.580. The highest BCUT2D eigenvalue weighted by Gasteiger charge is 2.39. The van der Waals surface area contributed by atoms with Crippen LogP contribution in [0.2, 0.25) is 23.2 Å². The summed E-state index contributed by atoms with van der Waals surface area (Å²) in [5.74, 6) is 0.422. The lowest BCUT2D eigenvalue weighted by Crippen LogP contribution is -2.43. The van der Waals surface area contributed by atoms with E-state index in [-0.39, 0.29) is 28.9 Å². The number of halogens is 1. The molecular formula is C32H45ClO4SSi. The van der Waals surface area contributed by atoms with Gasteiger partial charge in [0.2, 0.25) is 0 Å². The van der Waals surface area contributed by atoms with Crippen LogP contribution in [0, 0.1) is 11.8 Å². The SMILES string of the molecule is COC(=O)CCCC=CC[C@H]1C(=O)CC[C@@H]1C=CC(CCc1sc2ccccc2c1Cl)O[Si](C)(C)C(C)(C)C. The highest BCUT2D eigenvalue weighted by atomic mass is 35.5. The number of benzene rings is 1. The number of hydrogen-bond acceptors (Lipinski definition) is 5. The molecule has 1 saturated carbocycles. The zero-order valence-corrected chi connectivity index (χ0v) is 27.0. The number of aryl methyl sites for hydroxylation is 1. The van der Waals surface area contributed by atoms with Crippen LogP contribution in [0.4, 0.5) is 0 Å². The van der Waals surface area contributed by atoms with Crippen molar-refractivity contribution in [2.75, 3.05) is 7.11 Å². The summed E-state index contributed by atoms with van der Waals surface area (Å²) in [4.78, 5) is 25.2. The number of unbranched alkanes of at least 4 members (excludes halogenated alkanes) is 1. The van der Waals surface area contributed by atoms with Crippen molar-refractivity contribution in [1.82, 2.24) is 0 Å². The van der Waals surface area contributed by atoms with Gasteiger partial charge in [-0.15, -0.1) is 11.3 Å². The zero-order valence-electron chi connectivity index (χ0n) is 24.4. The van der Waals surface area contributed by atoms with Gasteiger partial charge in [0.25, 0.3) is 0 Å². The fourth-order valence-corrected chi connectivity index (χ4v) is 7.66. The summed E-state index contributed by atoms with van der Waals surface area (Å²) >= 11 is 8.53. The number of carbonyl (C=O) groups is 2. The van der Waals surface area contributed by atoms with E-state index in [1.807, 2.05) is 6.07 Å². The van der Waals surface area contributed by atoms with Crippen LogP contribution in [0.1, 0.15) is 70.6 Å². The van der Waals surface area contributed by atoms with Crippen LogP contribution in [0.3, 0.4) is 0 Å². The van der Waals surface area contributed by atoms with E-state index in [4.69, 9.17) is 20.8 Å². The third-order valence-electron chi connectivity index (χ3n) is 8.27. The van der Waals surface area contributed by atoms with Crippen molar-refractivity contribution < 1.29 is 18.8 Å². The number of hydrogen-bond donors (Lipinski definition) is 0. The second-order valence-electron chi connectivity index (χ2n) is 12.1. The Hall–Kier alpha value is -1.73. The van der Waals surface area contributed by atoms with E-state index in [9.17, 15) is 9.59 Å². The standard InChI is InChI=1S/C32H45ClO4SSi/c1-32(2,3)39(5,6)37-24(20-22-29-31(33)26-14-11-12-15-28(26)38-29)19-17-23-18-21-27(34)25(23)13-9-7-8-10-16-30(35)36-4/h7,9,11-12,14-15,17,19,23-25H,8,10,13,16,18,20-22H2,1-6H3/t23-,24?,25+/m0/s1. The van der Waals surface area contributed by atoms with E-state index < -0.39 is 8.32 Å². The Morgan fingerprint density at radius 3 is 2.67 bits per heavy atom. The number of fused-ring (bicyclic) bond motifs is 1. The van der Waals surface area contributed by atoms with Crippen LogP contribution in [0.25, 0.3) is 10.1 Å². The summed E-state index contributed by atoms with van der Waals surface area (Å²) in [6.45, 7) is 11.4. The quantitative estimate of drug-likeness (QED) is 0.101. The average molecular weight is 589 g/mol. The van der Waals surface area contributed by atoms with Gasteiger partial charge in [0.1, 0.15) is 5.78 Å². The van der Waals surface area contributed by atoms with Gasteiger partial charge in [-0.2, -0.15) is 0 Å². The molecule has 1 aromatic carbocycles. The highest BCUT2D eigenvalue weighted by Crippen LogP contribution is 2.40. The molecule has 1 unspecified atom stereocenters. The van der Waals surface area contributed by atoms with E-state index in [0.717, 1.165) is 48.9 Å².